The maximum Gasteiger partial charge on any atom is 0.0439 e. The fraction of sp³-hybridized carbons (Fsp3) is 0.625. The molecule has 2 atom stereocenters. The van der Waals surface area contributed by atoms with Gasteiger partial charge in [0, 0.05) is 15.6 Å². The lowest BCUT2D eigenvalue weighted by atomic mass is 9.70. The summed E-state index contributed by atoms with van der Waals surface area (Å²) in [4.78, 5) is 0. The molecule has 2 unspecified atom stereocenters. The molecule has 1 aliphatic rings. The fourth-order valence-corrected chi connectivity index (χ4v) is 3.61. The standard InChI is InChI=1S/C16H23Cl2N/c1-11(2)12-4-3-7-16(19,9-12)10-13-8-14(17)5-6-15(13)18/h5-6,8,11-12H,3-4,7,9-10,19H2,1-2H3. The quantitative estimate of drug-likeness (QED) is 0.827. The minimum absolute atomic E-state index is 0.124. The summed E-state index contributed by atoms with van der Waals surface area (Å²) in [6, 6.07) is 5.65. The second-order valence-corrected chi connectivity index (χ2v) is 7.22. The minimum atomic E-state index is -0.124. The number of hydrogen-bond acceptors (Lipinski definition) is 1. The molecule has 0 saturated heterocycles. The van der Waals surface area contributed by atoms with Gasteiger partial charge < -0.3 is 5.73 Å². The first-order valence-corrected chi connectivity index (χ1v) is 7.88. The first-order chi connectivity index (χ1) is 8.89. The van der Waals surface area contributed by atoms with Crippen LogP contribution >= 0.6 is 23.2 Å². The third kappa shape index (κ3) is 3.87. The Balaban J connectivity index is 2.14. The van der Waals surface area contributed by atoms with Crippen LogP contribution < -0.4 is 5.73 Å². The molecule has 0 heterocycles. The smallest absolute Gasteiger partial charge is 0.0439 e. The average Bonchev–Trinajstić information content (AvgIpc) is 2.33. The largest absolute Gasteiger partial charge is 0.325 e. The Morgan fingerprint density at radius 1 is 1.37 bits per heavy atom. The van der Waals surface area contributed by atoms with E-state index in [-0.39, 0.29) is 5.54 Å². The van der Waals surface area contributed by atoms with Gasteiger partial charge in [-0.3, -0.25) is 0 Å². The van der Waals surface area contributed by atoms with Gasteiger partial charge in [-0.15, -0.1) is 0 Å². The maximum absolute atomic E-state index is 6.64. The molecule has 2 rings (SSSR count). The molecule has 1 aliphatic carbocycles. The van der Waals surface area contributed by atoms with Crippen LogP contribution in [0.1, 0.15) is 45.1 Å². The van der Waals surface area contributed by atoms with Crippen molar-refractivity contribution >= 4 is 23.2 Å². The van der Waals surface area contributed by atoms with Crippen LogP contribution in [-0.2, 0) is 6.42 Å². The summed E-state index contributed by atoms with van der Waals surface area (Å²) in [7, 11) is 0. The normalized spacial score (nSPS) is 27.8. The van der Waals surface area contributed by atoms with E-state index in [1.54, 1.807) is 0 Å². The molecule has 3 heteroatoms. The van der Waals surface area contributed by atoms with Gasteiger partial charge in [0.1, 0.15) is 0 Å². The van der Waals surface area contributed by atoms with E-state index in [1.165, 1.54) is 12.8 Å². The molecule has 0 aromatic heterocycles. The Morgan fingerprint density at radius 3 is 2.79 bits per heavy atom. The molecule has 0 spiro atoms. The third-order valence-electron chi connectivity index (χ3n) is 4.41. The van der Waals surface area contributed by atoms with E-state index >= 15 is 0 Å². The van der Waals surface area contributed by atoms with Gasteiger partial charge in [0.05, 0.1) is 0 Å². The molecule has 0 bridgehead atoms. The van der Waals surface area contributed by atoms with Gasteiger partial charge in [0.25, 0.3) is 0 Å². The molecule has 19 heavy (non-hydrogen) atoms. The molecule has 1 fully saturated rings. The molecular weight excluding hydrogens is 277 g/mol. The molecule has 0 amide bonds. The molecule has 1 aromatic rings. The molecule has 1 saturated carbocycles. The zero-order valence-electron chi connectivity index (χ0n) is 11.8. The molecular formula is C16H23Cl2N. The fourth-order valence-electron chi connectivity index (χ4n) is 3.23. The first kappa shape index (κ1) is 15.2. The van der Waals surface area contributed by atoms with E-state index in [0.717, 1.165) is 40.8 Å². The van der Waals surface area contributed by atoms with Gasteiger partial charge in [-0.2, -0.15) is 0 Å². The van der Waals surface area contributed by atoms with Crippen LogP contribution in [0.3, 0.4) is 0 Å². The van der Waals surface area contributed by atoms with Crippen molar-refractivity contribution in [2.45, 2.75) is 51.5 Å². The lowest BCUT2D eigenvalue weighted by Gasteiger charge is -2.40. The first-order valence-electron chi connectivity index (χ1n) is 7.12. The molecule has 2 N–H and O–H groups in total. The summed E-state index contributed by atoms with van der Waals surface area (Å²) in [6.07, 6.45) is 5.53. The Hall–Kier alpha value is -0.240. The van der Waals surface area contributed by atoms with Crippen LogP contribution in [0.5, 0.6) is 0 Å². The van der Waals surface area contributed by atoms with Gasteiger partial charge in [-0.05, 0) is 54.9 Å². The number of hydrogen-bond donors (Lipinski definition) is 1. The van der Waals surface area contributed by atoms with Gasteiger partial charge >= 0.3 is 0 Å². The van der Waals surface area contributed by atoms with Crippen LogP contribution in [0.4, 0.5) is 0 Å². The molecule has 0 radical (unpaired) electrons. The van der Waals surface area contributed by atoms with Crippen molar-refractivity contribution in [2.24, 2.45) is 17.6 Å². The van der Waals surface area contributed by atoms with Gasteiger partial charge in [-0.25, -0.2) is 0 Å². The highest BCUT2D eigenvalue weighted by molar-refractivity contribution is 6.33. The zero-order chi connectivity index (χ0) is 14.0. The molecule has 106 valence electrons. The highest BCUT2D eigenvalue weighted by Crippen LogP contribution is 2.38. The van der Waals surface area contributed by atoms with E-state index in [1.807, 2.05) is 18.2 Å². The van der Waals surface area contributed by atoms with Crippen LogP contribution in [0.2, 0.25) is 10.0 Å². The Labute approximate surface area is 126 Å². The van der Waals surface area contributed by atoms with Crippen molar-refractivity contribution in [2.75, 3.05) is 0 Å². The summed E-state index contributed by atoms with van der Waals surface area (Å²) >= 11 is 12.3. The second-order valence-electron chi connectivity index (χ2n) is 6.38. The number of nitrogens with two attached hydrogens (primary N) is 1. The van der Waals surface area contributed by atoms with Crippen LogP contribution in [-0.4, -0.2) is 5.54 Å². The van der Waals surface area contributed by atoms with Crippen molar-refractivity contribution in [1.29, 1.82) is 0 Å². The SMILES string of the molecule is CC(C)C1CCCC(N)(Cc2cc(Cl)ccc2Cl)C1. The van der Waals surface area contributed by atoms with Crippen LogP contribution in [0.25, 0.3) is 0 Å². The molecule has 0 aliphatic heterocycles. The van der Waals surface area contributed by atoms with Crippen molar-refractivity contribution in [3.8, 4) is 0 Å². The number of rotatable bonds is 3. The van der Waals surface area contributed by atoms with E-state index in [2.05, 4.69) is 13.8 Å². The maximum atomic E-state index is 6.64. The van der Waals surface area contributed by atoms with Crippen molar-refractivity contribution in [3.05, 3.63) is 33.8 Å². The summed E-state index contributed by atoms with van der Waals surface area (Å²) in [5.41, 5.74) is 7.60. The van der Waals surface area contributed by atoms with E-state index < -0.39 is 0 Å². The van der Waals surface area contributed by atoms with Gasteiger partial charge in [-0.1, -0.05) is 49.9 Å². The third-order valence-corrected chi connectivity index (χ3v) is 5.02. The van der Waals surface area contributed by atoms with Gasteiger partial charge in [0.2, 0.25) is 0 Å². The van der Waals surface area contributed by atoms with E-state index in [4.69, 9.17) is 28.9 Å². The zero-order valence-corrected chi connectivity index (χ0v) is 13.3. The lowest BCUT2D eigenvalue weighted by Crippen LogP contribution is -2.47. The Morgan fingerprint density at radius 2 is 2.11 bits per heavy atom. The van der Waals surface area contributed by atoms with Crippen LogP contribution in [0, 0.1) is 11.8 Å². The van der Waals surface area contributed by atoms with Crippen LogP contribution in [0.15, 0.2) is 18.2 Å². The van der Waals surface area contributed by atoms with E-state index in [9.17, 15) is 0 Å². The van der Waals surface area contributed by atoms with Crippen molar-refractivity contribution < 1.29 is 0 Å². The Kier molecular flexibility index (Phi) is 4.81. The van der Waals surface area contributed by atoms with E-state index in [0.29, 0.717) is 5.92 Å². The highest BCUT2D eigenvalue weighted by atomic mass is 35.5. The average molecular weight is 300 g/mol. The van der Waals surface area contributed by atoms with Crippen molar-refractivity contribution in [3.63, 3.8) is 0 Å². The second kappa shape index (κ2) is 6.03. The summed E-state index contributed by atoms with van der Waals surface area (Å²) in [6.45, 7) is 4.59. The molecule has 1 nitrogen and oxygen atoms in total. The predicted octanol–water partition coefficient (Wildman–Crippen LogP) is 5.08. The summed E-state index contributed by atoms with van der Waals surface area (Å²) in [5.74, 6) is 1.44. The monoisotopic (exact) mass is 299 g/mol. The number of benzene rings is 1. The topological polar surface area (TPSA) is 26.0 Å². The Bertz CT molecular complexity index is 444. The summed E-state index contributed by atoms with van der Waals surface area (Å²) in [5, 5.41) is 1.51. The minimum Gasteiger partial charge on any atom is -0.325 e. The lowest BCUT2D eigenvalue weighted by molar-refractivity contribution is 0.182. The predicted molar refractivity (Wildman–Crippen MR) is 83.9 cm³/mol. The van der Waals surface area contributed by atoms with Gasteiger partial charge in [0.15, 0.2) is 0 Å². The highest BCUT2D eigenvalue weighted by Gasteiger charge is 2.34. The summed E-state index contributed by atoms with van der Waals surface area (Å²) < 4.78 is 0. The number of halogens is 2. The molecule has 1 aromatic carbocycles. The van der Waals surface area contributed by atoms with Crippen molar-refractivity contribution in [1.82, 2.24) is 0 Å².